The van der Waals surface area contributed by atoms with Crippen LogP contribution < -0.4 is 4.74 Å². The van der Waals surface area contributed by atoms with Crippen molar-refractivity contribution in [3.8, 4) is 5.75 Å². The van der Waals surface area contributed by atoms with Crippen molar-refractivity contribution in [1.82, 2.24) is 0 Å². The Morgan fingerprint density at radius 3 is 2.84 bits per heavy atom. The van der Waals surface area contributed by atoms with E-state index in [0.717, 1.165) is 25.0 Å². The third-order valence-electron chi connectivity index (χ3n) is 8.88. The third-order valence-corrected chi connectivity index (χ3v) is 8.88. The van der Waals surface area contributed by atoms with Gasteiger partial charge in [-0.15, -0.1) is 0 Å². The van der Waals surface area contributed by atoms with Crippen molar-refractivity contribution in [2.45, 2.75) is 57.5 Å². The fourth-order valence-corrected chi connectivity index (χ4v) is 7.74. The van der Waals surface area contributed by atoms with Crippen molar-refractivity contribution in [1.29, 1.82) is 0 Å². The van der Waals surface area contributed by atoms with Crippen LogP contribution in [-0.2, 0) is 6.42 Å². The van der Waals surface area contributed by atoms with Gasteiger partial charge in [0.25, 0.3) is 0 Å². The number of halogens is 1. The average molecular weight is 344 g/mol. The van der Waals surface area contributed by atoms with Crippen LogP contribution in [0, 0.1) is 28.6 Å². The van der Waals surface area contributed by atoms with Gasteiger partial charge in [0, 0.05) is 5.41 Å². The van der Waals surface area contributed by atoms with Gasteiger partial charge < -0.3 is 9.84 Å². The van der Waals surface area contributed by atoms with E-state index in [-0.39, 0.29) is 17.4 Å². The molecule has 7 atom stereocenters. The topological polar surface area (TPSA) is 29.5 Å². The second-order valence-electron chi connectivity index (χ2n) is 9.52. The summed E-state index contributed by atoms with van der Waals surface area (Å²) >= 11 is 0. The monoisotopic (exact) mass is 344 g/mol. The molecule has 0 amide bonds. The number of hydrogen-bond donors (Lipinski definition) is 1. The molecule has 0 bridgehead atoms. The van der Waals surface area contributed by atoms with Crippen LogP contribution in [0.3, 0.4) is 0 Å². The molecule has 0 radical (unpaired) electrons. The molecule has 3 saturated carbocycles. The summed E-state index contributed by atoms with van der Waals surface area (Å²) in [5.74, 6) is 3.08. The van der Waals surface area contributed by atoms with Crippen LogP contribution in [0.25, 0.3) is 0 Å². The summed E-state index contributed by atoms with van der Waals surface area (Å²) in [4.78, 5) is 0. The first-order valence-corrected chi connectivity index (χ1v) is 9.87. The Morgan fingerprint density at radius 1 is 1.32 bits per heavy atom. The zero-order valence-electron chi connectivity index (χ0n) is 15.5. The van der Waals surface area contributed by atoms with E-state index in [0.29, 0.717) is 30.1 Å². The maximum Gasteiger partial charge on any atom is 0.140 e. The van der Waals surface area contributed by atoms with Gasteiger partial charge in [0.05, 0.1) is 13.7 Å². The molecule has 1 spiro atoms. The predicted octanol–water partition coefficient (Wildman–Crippen LogP) is 4.50. The molecule has 4 aliphatic carbocycles. The maximum absolute atomic E-state index is 15.7. The molecule has 3 heteroatoms. The van der Waals surface area contributed by atoms with Crippen LogP contribution in [0.15, 0.2) is 18.2 Å². The lowest BCUT2D eigenvalue weighted by atomic mass is 9.48. The number of ether oxygens (including phenoxy) is 1. The maximum atomic E-state index is 15.7. The first-order valence-electron chi connectivity index (χ1n) is 9.87. The molecule has 0 heterocycles. The zero-order valence-corrected chi connectivity index (χ0v) is 15.5. The fourth-order valence-electron chi connectivity index (χ4n) is 7.74. The van der Waals surface area contributed by atoms with Gasteiger partial charge in [0.1, 0.15) is 11.4 Å². The van der Waals surface area contributed by atoms with Crippen LogP contribution in [0.5, 0.6) is 5.75 Å². The van der Waals surface area contributed by atoms with E-state index in [1.807, 2.05) is 0 Å². The van der Waals surface area contributed by atoms with Crippen molar-refractivity contribution < 1.29 is 14.2 Å². The first kappa shape index (κ1) is 16.1. The minimum Gasteiger partial charge on any atom is -0.497 e. The highest BCUT2D eigenvalue weighted by Crippen LogP contribution is 2.85. The zero-order chi connectivity index (χ0) is 17.6. The van der Waals surface area contributed by atoms with Crippen molar-refractivity contribution >= 4 is 0 Å². The summed E-state index contributed by atoms with van der Waals surface area (Å²) in [6.07, 6.45) is 4.76. The lowest BCUT2D eigenvalue weighted by Crippen LogP contribution is -2.55. The highest BCUT2D eigenvalue weighted by Gasteiger charge is 2.82. The van der Waals surface area contributed by atoms with Gasteiger partial charge in [-0.3, -0.25) is 0 Å². The Balaban J connectivity index is 1.60. The number of hydrogen-bond acceptors (Lipinski definition) is 2. The van der Waals surface area contributed by atoms with Crippen LogP contribution in [0.4, 0.5) is 4.39 Å². The third kappa shape index (κ3) is 1.69. The van der Waals surface area contributed by atoms with Gasteiger partial charge in [0.2, 0.25) is 0 Å². The highest BCUT2D eigenvalue weighted by molar-refractivity contribution is 5.43. The van der Waals surface area contributed by atoms with E-state index in [2.05, 4.69) is 32.0 Å². The molecule has 0 aromatic heterocycles. The van der Waals surface area contributed by atoms with Crippen LogP contribution in [0.1, 0.15) is 56.6 Å². The summed E-state index contributed by atoms with van der Waals surface area (Å²) in [7, 11) is 1.73. The number of benzene rings is 1. The Morgan fingerprint density at radius 2 is 2.12 bits per heavy atom. The second kappa shape index (κ2) is 4.79. The summed E-state index contributed by atoms with van der Waals surface area (Å²) in [5.41, 5.74) is 1.30. The number of methoxy groups -OCH3 is 1. The molecule has 3 fully saturated rings. The minimum atomic E-state index is -1.37. The van der Waals surface area contributed by atoms with E-state index in [4.69, 9.17) is 4.74 Å². The average Bonchev–Trinajstić information content (AvgIpc) is 3.26. The molecule has 0 saturated heterocycles. The second-order valence-corrected chi connectivity index (χ2v) is 9.52. The van der Waals surface area contributed by atoms with E-state index in [1.165, 1.54) is 17.5 Å². The van der Waals surface area contributed by atoms with Crippen LogP contribution >= 0.6 is 0 Å². The summed E-state index contributed by atoms with van der Waals surface area (Å²) in [5, 5.41) is 9.85. The van der Waals surface area contributed by atoms with Gasteiger partial charge in [-0.2, -0.15) is 0 Å². The molecule has 136 valence electrons. The Kier molecular flexibility index (Phi) is 3.09. The predicted molar refractivity (Wildman–Crippen MR) is 95.5 cm³/mol. The minimum absolute atomic E-state index is 0.116. The van der Waals surface area contributed by atoms with Gasteiger partial charge >= 0.3 is 0 Å². The lowest BCUT2D eigenvalue weighted by Gasteiger charge is -2.56. The van der Waals surface area contributed by atoms with Crippen LogP contribution in [-0.4, -0.2) is 24.5 Å². The standard InChI is InChI=1S/C22H29FO2/c1-13-8-14-9-16(25-3)4-5-17(14)18-6-7-20(2)21(23,12-24)10-15-11-22(15,20)19(13)18/h4-5,9,13,15,18-19,24H,6-8,10-12H2,1-3H3/t13?,15?,18-,19-,20-,21?,22?/m1/s1. The lowest BCUT2D eigenvalue weighted by molar-refractivity contribution is -0.112. The normalized spacial score (nSPS) is 49.6. The molecule has 1 aromatic carbocycles. The summed E-state index contributed by atoms with van der Waals surface area (Å²) in [6.45, 7) is 4.22. The number of fused-ring (bicyclic) bond motifs is 3. The fraction of sp³-hybridized carbons (Fsp3) is 0.727. The molecule has 2 nitrogen and oxygen atoms in total. The summed E-state index contributed by atoms with van der Waals surface area (Å²) in [6, 6.07) is 6.56. The van der Waals surface area contributed by atoms with Gasteiger partial charge in [-0.05, 0) is 84.5 Å². The molecule has 4 unspecified atom stereocenters. The number of alkyl halides is 1. The van der Waals surface area contributed by atoms with Crippen molar-refractivity contribution in [3.05, 3.63) is 29.3 Å². The first-order chi connectivity index (χ1) is 11.9. The molecular formula is C22H29FO2. The molecule has 1 aromatic rings. The Bertz CT molecular complexity index is 733. The van der Waals surface area contributed by atoms with E-state index < -0.39 is 5.67 Å². The number of aliphatic hydroxyl groups excluding tert-OH is 1. The van der Waals surface area contributed by atoms with Gasteiger partial charge in [0.15, 0.2) is 0 Å². The van der Waals surface area contributed by atoms with E-state index >= 15 is 4.39 Å². The van der Waals surface area contributed by atoms with Crippen LogP contribution in [0.2, 0.25) is 0 Å². The number of rotatable bonds is 2. The van der Waals surface area contributed by atoms with Crippen molar-refractivity contribution in [3.63, 3.8) is 0 Å². The SMILES string of the molecule is COc1ccc2c(c1)CC(C)[C@@H]1[C@@H]2CC[C@]2(C)C(F)(CO)CC3CC312. The molecule has 5 rings (SSSR count). The molecular weight excluding hydrogens is 315 g/mol. The van der Waals surface area contributed by atoms with Crippen molar-refractivity contribution in [2.24, 2.45) is 28.6 Å². The summed E-state index contributed by atoms with van der Waals surface area (Å²) < 4.78 is 21.1. The molecule has 25 heavy (non-hydrogen) atoms. The largest absolute Gasteiger partial charge is 0.497 e. The van der Waals surface area contributed by atoms with E-state index in [9.17, 15) is 5.11 Å². The van der Waals surface area contributed by atoms with E-state index in [1.54, 1.807) is 7.11 Å². The molecule has 0 aliphatic heterocycles. The molecule has 4 aliphatic rings. The Hall–Kier alpha value is -1.09. The quantitative estimate of drug-likeness (QED) is 0.856. The van der Waals surface area contributed by atoms with Crippen molar-refractivity contribution in [2.75, 3.05) is 13.7 Å². The highest BCUT2D eigenvalue weighted by atomic mass is 19.1. The van der Waals surface area contributed by atoms with Gasteiger partial charge in [-0.25, -0.2) is 4.39 Å². The number of aliphatic hydroxyl groups is 1. The Labute approximate surface area is 149 Å². The molecule has 1 N–H and O–H groups in total. The smallest absolute Gasteiger partial charge is 0.140 e. The van der Waals surface area contributed by atoms with Gasteiger partial charge in [-0.1, -0.05) is 19.9 Å².